The lowest BCUT2D eigenvalue weighted by Crippen LogP contribution is -2.53. The molecule has 0 radical (unpaired) electrons. The fraction of sp³-hybridized carbons (Fsp3) is 0.471. The van der Waals surface area contributed by atoms with Crippen LogP contribution in [0.1, 0.15) is 33.6 Å². The number of nitrogens with one attached hydrogen (secondary N) is 2. The summed E-state index contributed by atoms with van der Waals surface area (Å²) in [6.07, 6.45) is 5.44. The number of hydrogen-bond acceptors (Lipinski definition) is 4. The molecule has 0 aromatic carbocycles. The molecule has 1 aromatic heterocycles. The van der Waals surface area contributed by atoms with E-state index in [2.05, 4.69) is 10.9 Å². The molecule has 3 aliphatic rings. The van der Waals surface area contributed by atoms with E-state index in [0.717, 1.165) is 23.3 Å². The van der Waals surface area contributed by atoms with Crippen molar-refractivity contribution < 1.29 is 19.5 Å². The van der Waals surface area contributed by atoms with Crippen molar-refractivity contribution in [3.05, 3.63) is 33.5 Å². The van der Waals surface area contributed by atoms with Gasteiger partial charge in [0.2, 0.25) is 5.91 Å². The molecule has 7 heteroatoms. The Balaban J connectivity index is 1.68. The lowest BCUT2D eigenvalue weighted by molar-refractivity contribution is -0.153. The van der Waals surface area contributed by atoms with Crippen molar-refractivity contribution in [1.82, 2.24) is 10.9 Å². The average Bonchev–Trinajstić information content (AvgIpc) is 2.91. The van der Waals surface area contributed by atoms with Crippen molar-refractivity contribution >= 4 is 29.1 Å². The Bertz CT molecular complexity index is 724. The maximum Gasteiger partial charge on any atom is 0.307 e. The molecule has 0 unspecified atom stereocenters. The summed E-state index contributed by atoms with van der Waals surface area (Å²) in [4.78, 5) is 37.3. The lowest BCUT2D eigenvalue weighted by atomic mass is 9.62. The summed E-state index contributed by atoms with van der Waals surface area (Å²) in [5, 5.41) is 11.2. The Morgan fingerprint density at radius 3 is 2.21 bits per heavy atom. The van der Waals surface area contributed by atoms with E-state index < -0.39 is 23.7 Å². The molecule has 1 aromatic rings. The van der Waals surface area contributed by atoms with Crippen LogP contribution in [0.3, 0.4) is 0 Å². The van der Waals surface area contributed by atoms with E-state index in [1.54, 1.807) is 5.38 Å². The normalized spacial score (nSPS) is 27.8. The van der Waals surface area contributed by atoms with E-state index in [1.807, 2.05) is 26.0 Å². The topological polar surface area (TPSA) is 95.5 Å². The molecule has 3 aliphatic carbocycles. The number of fused-ring (bicyclic) bond motifs is 2. The number of carboxylic acid groups (broad SMARTS) is 1. The maximum absolute atomic E-state index is 12.5. The second-order valence-corrected chi connectivity index (χ2v) is 7.54. The van der Waals surface area contributed by atoms with Crippen LogP contribution >= 0.6 is 11.3 Å². The van der Waals surface area contributed by atoms with Crippen LogP contribution in [-0.4, -0.2) is 22.9 Å². The first kappa shape index (κ1) is 16.7. The Kier molecular flexibility index (Phi) is 4.45. The molecule has 2 amide bonds. The van der Waals surface area contributed by atoms with E-state index >= 15 is 0 Å². The zero-order chi connectivity index (χ0) is 17.4. The average molecular weight is 348 g/mol. The predicted molar refractivity (Wildman–Crippen MR) is 89.4 cm³/mol. The minimum atomic E-state index is -0.954. The van der Waals surface area contributed by atoms with Crippen molar-refractivity contribution in [2.24, 2.45) is 23.7 Å². The van der Waals surface area contributed by atoms with Gasteiger partial charge in [-0.15, -0.1) is 11.3 Å². The number of hydrogen-bond donors (Lipinski definition) is 3. The van der Waals surface area contributed by atoms with Crippen LogP contribution in [-0.2, 0) is 9.59 Å². The molecule has 0 aliphatic heterocycles. The van der Waals surface area contributed by atoms with Gasteiger partial charge in [-0.25, -0.2) is 0 Å². The van der Waals surface area contributed by atoms with Gasteiger partial charge in [0.25, 0.3) is 5.91 Å². The third-order valence-corrected chi connectivity index (χ3v) is 6.18. The molecule has 6 nitrogen and oxygen atoms in total. The van der Waals surface area contributed by atoms with E-state index in [9.17, 15) is 19.5 Å². The van der Waals surface area contributed by atoms with Crippen molar-refractivity contribution in [3.63, 3.8) is 0 Å². The minimum Gasteiger partial charge on any atom is -0.481 e. The monoisotopic (exact) mass is 348 g/mol. The highest BCUT2D eigenvalue weighted by Gasteiger charge is 2.48. The molecule has 2 bridgehead atoms. The summed E-state index contributed by atoms with van der Waals surface area (Å²) in [5.41, 5.74) is 6.26. The Morgan fingerprint density at radius 1 is 1.08 bits per heavy atom. The number of rotatable bonds is 3. The smallest absolute Gasteiger partial charge is 0.307 e. The number of thiophene rings is 1. The summed E-state index contributed by atoms with van der Waals surface area (Å²) in [6.45, 7) is 3.78. The van der Waals surface area contributed by atoms with Crippen molar-refractivity contribution in [1.29, 1.82) is 0 Å². The van der Waals surface area contributed by atoms with Crippen molar-refractivity contribution in [2.45, 2.75) is 26.7 Å². The van der Waals surface area contributed by atoms with Crippen LogP contribution in [0.5, 0.6) is 0 Å². The third-order valence-electron chi connectivity index (χ3n) is 5.17. The fourth-order valence-electron chi connectivity index (χ4n) is 3.69. The van der Waals surface area contributed by atoms with E-state index in [-0.39, 0.29) is 17.7 Å². The Labute approximate surface area is 143 Å². The van der Waals surface area contributed by atoms with Gasteiger partial charge in [0.05, 0.1) is 17.4 Å². The molecule has 3 N–H and O–H groups in total. The molecule has 1 heterocycles. The Morgan fingerprint density at radius 2 is 1.71 bits per heavy atom. The van der Waals surface area contributed by atoms with Crippen molar-refractivity contribution in [3.8, 4) is 0 Å². The van der Waals surface area contributed by atoms with Crippen molar-refractivity contribution in [2.75, 3.05) is 0 Å². The summed E-state index contributed by atoms with van der Waals surface area (Å²) in [7, 11) is 0. The van der Waals surface area contributed by atoms with Gasteiger partial charge in [0.15, 0.2) is 0 Å². The summed E-state index contributed by atoms with van der Waals surface area (Å²) in [5.74, 6) is -3.33. The van der Waals surface area contributed by atoms with Crippen LogP contribution in [0.25, 0.3) is 0 Å². The number of carboxylic acids is 1. The minimum absolute atomic E-state index is 0.0851. The zero-order valence-corrected chi connectivity index (χ0v) is 14.4. The SMILES string of the molecule is Cc1scc(C(=O)NNC(=O)[C@H]2[C@@H](C(=O)O)[C@H]3C=C[C@H]2CC3)c1C. The molecule has 0 spiro atoms. The maximum atomic E-state index is 12.5. The molecule has 4 atom stereocenters. The van der Waals surface area contributed by atoms with Crippen LogP contribution < -0.4 is 10.9 Å². The molecule has 4 rings (SSSR count). The first-order valence-corrected chi connectivity index (χ1v) is 8.84. The summed E-state index contributed by atoms with van der Waals surface area (Å²) < 4.78 is 0. The summed E-state index contributed by atoms with van der Waals surface area (Å²) >= 11 is 1.48. The quantitative estimate of drug-likeness (QED) is 0.575. The number of carbonyl (C=O) groups is 3. The molecular formula is C17H20N2O4S. The number of carbonyl (C=O) groups excluding carboxylic acids is 2. The first-order valence-electron chi connectivity index (χ1n) is 7.96. The molecular weight excluding hydrogens is 328 g/mol. The van der Waals surface area contributed by atoms with Gasteiger partial charge in [-0.1, -0.05) is 12.2 Å². The van der Waals surface area contributed by atoms with E-state index in [1.165, 1.54) is 11.3 Å². The van der Waals surface area contributed by atoms with Crippen LogP contribution in [0.2, 0.25) is 0 Å². The van der Waals surface area contributed by atoms with Crippen LogP contribution in [0.15, 0.2) is 17.5 Å². The van der Waals surface area contributed by atoms with Gasteiger partial charge >= 0.3 is 5.97 Å². The second kappa shape index (κ2) is 6.39. The first-order chi connectivity index (χ1) is 11.4. The number of aryl methyl sites for hydroxylation is 1. The van der Waals surface area contributed by atoms with Gasteiger partial charge in [0, 0.05) is 10.3 Å². The fourth-order valence-corrected chi connectivity index (χ4v) is 4.56. The zero-order valence-electron chi connectivity index (χ0n) is 13.5. The van der Waals surface area contributed by atoms with Gasteiger partial charge < -0.3 is 5.11 Å². The van der Waals surface area contributed by atoms with Gasteiger partial charge in [0.1, 0.15) is 0 Å². The molecule has 1 saturated carbocycles. The second-order valence-electron chi connectivity index (χ2n) is 6.45. The third kappa shape index (κ3) is 2.84. The number of amides is 2. The standard InChI is InChI=1S/C17H20N2O4S/c1-8-9(2)24-7-12(8)15(20)18-19-16(21)13-10-3-5-11(6-4-10)14(13)17(22)23/h3,5,7,10-11,13-14H,4,6H2,1-2H3,(H,18,20)(H,19,21)(H,22,23)/t10-,11-,13+,14-/m0/s1. The molecule has 0 saturated heterocycles. The van der Waals surface area contributed by atoms with Crippen LogP contribution in [0.4, 0.5) is 0 Å². The highest BCUT2D eigenvalue weighted by Crippen LogP contribution is 2.44. The molecule has 1 fully saturated rings. The lowest BCUT2D eigenvalue weighted by Gasteiger charge is -2.41. The highest BCUT2D eigenvalue weighted by molar-refractivity contribution is 7.10. The number of allylic oxidation sites excluding steroid dienone is 2. The highest BCUT2D eigenvalue weighted by atomic mass is 32.1. The predicted octanol–water partition coefficient (Wildman–Crippen LogP) is 2.04. The van der Waals surface area contributed by atoms with E-state index in [4.69, 9.17) is 0 Å². The Hall–Kier alpha value is -2.15. The van der Waals surface area contributed by atoms with Gasteiger partial charge in [-0.3, -0.25) is 25.2 Å². The largest absolute Gasteiger partial charge is 0.481 e. The van der Waals surface area contributed by atoms with E-state index in [0.29, 0.717) is 5.56 Å². The van der Waals surface area contributed by atoms with Gasteiger partial charge in [-0.2, -0.15) is 0 Å². The number of hydrazine groups is 1. The summed E-state index contributed by atoms with van der Waals surface area (Å²) in [6, 6.07) is 0. The molecule has 128 valence electrons. The van der Waals surface area contributed by atoms with Crippen LogP contribution in [0, 0.1) is 37.5 Å². The molecule has 24 heavy (non-hydrogen) atoms. The number of aliphatic carboxylic acids is 1. The van der Waals surface area contributed by atoms with Gasteiger partial charge in [-0.05, 0) is 44.1 Å².